The highest BCUT2D eigenvalue weighted by atomic mass is 35.5. The third kappa shape index (κ3) is 3.34. The summed E-state index contributed by atoms with van der Waals surface area (Å²) < 4.78 is 0. The smallest absolute Gasteiger partial charge is 0.207 e. The Kier molecular flexibility index (Phi) is 5.04. The van der Waals surface area contributed by atoms with Crippen LogP contribution in [-0.4, -0.2) is 6.41 Å². The summed E-state index contributed by atoms with van der Waals surface area (Å²) in [5.41, 5.74) is 2.18. The number of hydrogen-bond acceptors (Lipinski definition) is 1. The molecule has 0 saturated carbocycles. The molecule has 0 aliphatic carbocycles. The van der Waals surface area contributed by atoms with E-state index in [0.29, 0.717) is 13.0 Å². The zero-order valence-electron chi connectivity index (χ0n) is 6.80. The average molecular weight is 187 g/mol. The summed E-state index contributed by atoms with van der Waals surface area (Å²) in [5.74, 6) is 0. The Morgan fingerprint density at radius 3 is 2.83 bits per heavy atom. The Hall–Kier alpha value is -1.09. The molecular weight excluding hydrogens is 176 g/mol. The summed E-state index contributed by atoms with van der Waals surface area (Å²) in [6, 6.07) is 3.95. The number of aryl methyl sites for hydroxylation is 1. The van der Waals surface area contributed by atoms with Crippen LogP contribution in [0, 0.1) is 6.92 Å². The normalized spacial score (nSPS) is 8.42. The fourth-order valence-electron chi connectivity index (χ4n) is 0.796. The lowest BCUT2D eigenvalue weighted by molar-refractivity contribution is -0.391. The molecule has 0 atom stereocenters. The zero-order chi connectivity index (χ0) is 8.10. The molecule has 1 rings (SSSR count). The number of H-pyrrole nitrogens is 1. The van der Waals surface area contributed by atoms with Crippen LogP contribution in [0.5, 0.6) is 0 Å². The predicted molar refractivity (Wildman–Crippen MR) is 40.6 cm³/mol. The van der Waals surface area contributed by atoms with Crippen LogP contribution in [-0.2, 0) is 11.3 Å². The van der Waals surface area contributed by atoms with E-state index in [4.69, 9.17) is 0 Å². The van der Waals surface area contributed by atoms with Gasteiger partial charge in [0.1, 0.15) is 6.54 Å². The second kappa shape index (κ2) is 5.55. The lowest BCUT2D eigenvalue weighted by Crippen LogP contribution is -3.00. The monoisotopic (exact) mass is 186 g/mol. The first kappa shape index (κ1) is 10.9. The highest BCUT2D eigenvalue weighted by molar-refractivity contribution is 5.45. The quantitative estimate of drug-likeness (QED) is 0.505. The van der Waals surface area contributed by atoms with E-state index in [1.807, 2.05) is 25.3 Å². The minimum Gasteiger partial charge on any atom is -1.00 e. The first-order valence-corrected chi connectivity index (χ1v) is 3.47. The van der Waals surface area contributed by atoms with Crippen molar-refractivity contribution in [2.45, 2.75) is 13.5 Å². The Bertz CT molecular complexity index is 235. The number of aromatic amines is 1. The first-order valence-electron chi connectivity index (χ1n) is 3.47. The molecule has 0 spiro atoms. The van der Waals surface area contributed by atoms with Crippen molar-refractivity contribution in [2.75, 3.05) is 0 Å². The molecule has 1 amide bonds. The van der Waals surface area contributed by atoms with Crippen molar-refractivity contribution >= 4 is 6.41 Å². The van der Waals surface area contributed by atoms with E-state index in [2.05, 4.69) is 10.3 Å². The molecule has 4 heteroatoms. The van der Waals surface area contributed by atoms with E-state index < -0.39 is 0 Å². The van der Waals surface area contributed by atoms with Crippen molar-refractivity contribution in [3.63, 3.8) is 0 Å². The molecular formula is C8H11ClN2O. The molecule has 1 heterocycles. The number of aromatic nitrogens is 1. The third-order valence-corrected chi connectivity index (χ3v) is 1.41. The van der Waals surface area contributed by atoms with Gasteiger partial charge in [0.15, 0.2) is 11.9 Å². The summed E-state index contributed by atoms with van der Waals surface area (Å²) in [7, 11) is 0. The summed E-state index contributed by atoms with van der Waals surface area (Å²) in [6.45, 7) is 2.57. The number of amides is 1. The van der Waals surface area contributed by atoms with E-state index >= 15 is 0 Å². The molecule has 1 aromatic heterocycles. The van der Waals surface area contributed by atoms with Crippen LogP contribution < -0.4 is 22.7 Å². The van der Waals surface area contributed by atoms with Gasteiger partial charge in [0.25, 0.3) is 0 Å². The van der Waals surface area contributed by atoms with Gasteiger partial charge in [0.05, 0.1) is 0 Å². The van der Waals surface area contributed by atoms with Crippen LogP contribution in [0.15, 0.2) is 18.3 Å². The number of carbonyl (C=O) groups excluding carboxylic acids is 1. The highest BCUT2D eigenvalue weighted by Gasteiger charge is 1.97. The van der Waals surface area contributed by atoms with Crippen LogP contribution in [0.1, 0.15) is 11.3 Å². The molecule has 0 fully saturated rings. The maximum absolute atomic E-state index is 9.92. The van der Waals surface area contributed by atoms with Gasteiger partial charge in [-0.15, -0.1) is 0 Å². The van der Waals surface area contributed by atoms with Gasteiger partial charge >= 0.3 is 0 Å². The van der Waals surface area contributed by atoms with Gasteiger partial charge in [-0.25, -0.2) is 4.98 Å². The summed E-state index contributed by atoms with van der Waals surface area (Å²) in [5, 5.41) is 2.57. The van der Waals surface area contributed by atoms with Crippen LogP contribution >= 0.6 is 0 Å². The fraction of sp³-hybridized carbons (Fsp3) is 0.250. The van der Waals surface area contributed by atoms with Crippen molar-refractivity contribution in [1.82, 2.24) is 5.32 Å². The second-order valence-corrected chi connectivity index (χ2v) is 2.39. The number of rotatable bonds is 3. The lowest BCUT2D eigenvalue weighted by atomic mass is 10.3. The van der Waals surface area contributed by atoms with Crippen molar-refractivity contribution in [1.29, 1.82) is 0 Å². The first-order chi connectivity index (χ1) is 5.33. The van der Waals surface area contributed by atoms with Crippen LogP contribution in [0.2, 0.25) is 0 Å². The van der Waals surface area contributed by atoms with Crippen molar-refractivity contribution in [3.05, 3.63) is 29.6 Å². The fourth-order valence-corrected chi connectivity index (χ4v) is 0.796. The molecule has 0 radical (unpaired) electrons. The molecule has 0 unspecified atom stereocenters. The van der Waals surface area contributed by atoms with Crippen LogP contribution in [0.3, 0.4) is 0 Å². The number of hydrogen-bond donors (Lipinski definition) is 1. The topological polar surface area (TPSA) is 43.2 Å². The Balaban J connectivity index is 0.00000121. The van der Waals surface area contributed by atoms with E-state index in [-0.39, 0.29) is 12.4 Å². The van der Waals surface area contributed by atoms with Gasteiger partial charge in [0, 0.05) is 11.6 Å². The van der Waals surface area contributed by atoms with E-state index in [0.717, 1.165) is 5.69 Å². The molecule has 66 valence electrons. The molecule has 0 bridgehead atoms. The van der Waals surface area contributed by atoms with Gasteiger partial charge in [-0.2, -0.15) is 0 Å². The SMILES string of the molecule is Cc1ccc(CNC=O)[nH+]c1.[Cl-]. The summed E-state index contributed by atoms with van der Waals surface area (Å²) in [4.78, 5) is 13.0. The van der Waals surface area contributed by atoms with E-state index in [1.165, 1.54) is 5.56 Å². The molecule has 3 nitrogen and oxygen atoms in total. The molecule has 0 saturated heterocycles. The molecule has 2 N–H and O–H groups in total. The highest BCUT2D eigenvalue weighted by Crippen LogP contribution is 1.92. The maximum Gasteiger partial charge on any atom is 0.207 e. The largest absolute Gasteiger partial charge is 1.00 e. The van der Waals surface area contributed by atoms with Crippen LogP contribution in [0.4, 0.5) is 0 Å². The van der Waals surface area contributed by atoms with Gasteiger partial charge < -0.3 is 17.7 Å². The number of halogens is 1. The van der Waals surface area contributed by atoms with Crippen LogP contribution in [0.25, 0.3) is 0 Å². The lowest BCUT2D eigenvalue weighted by Gasteiger charge is -1.92. The standard InChI is InChI=1S/C8H10N2O.ClH/c1-7-2-3-8(10-4-7)5-9-6-11;/h2-4,6H,5H2,1H3,(H,9,11);1H. The van der Waals surface area contributed by atoms with Crippen molar-refractivity contribution in [2.24, 2.45) is 0 Å². The molecule has 12 heavy (non-hydrogen) atoms. The van der Waals surface area contributed by atoms with Gasteiger partial charge in [-0.3, -0.25) is 4.79 Å². The van der Waals surface area contributed by atoms with E-state index in [9.17, 15) is 4.79 Å². The zero-order valence-corrected chi connectivity index (χ0v) is 7.56. The number of carbonyl (C=O) groups is 1. The second-order valence-electron chi connectivity index (χ2n) is 2.39. The summed E-state index contributed by atoms with van der Waals surface area (Å²) >= 11 is 0. The summed E-state index contributed by atoms with van der Waals surface area (Å²) in [6.07, 6.45) is 2.59. The van der Waals surface area contributed by atoms with Gasteiger partial charge in [-0.1, -0.05) is 0 Å². The number of pyridine rings is 1. The Labute approximate surface area is 77.6 Å². The number of nitrogens with one attached hydrogen (secondary N) is 2. The maximum atomic E-state index is 9.92. The van der Waals surface area contributed by atoms with Gasteiger partial charge in [0.2, 0.25) is 6.41 Å². The Morgan fingerprint density at radius 2 is 2.33 bits per heavy atom. The minimum absolute atomic E-state index is 0. The van der Waals surface area contributed by atoms with E-state index in [1.54, 1.807) is 0 Å². The Morgan fingerprint density at radius 1 is 1.58 bits per heavy atom. The molecule has 0 aliphatic rings. The average Bonchev–Trinajstić information content (AvgIpc) is 2.04. The molecule has 0 aromatic carbocycles. The predicted octanol–water partition coefficient (Wildman–Crippen LogP) is -2.94. The molecule has 0 aliphatic heterocycles. The van der Waals surface area contributed by atoms with Crippen molar-refractivity contribution < 1.29 is 22.2 Å². The molecule has 1 aromatic rings. The minimum atomic E-state index is 0. The third-order valence-electron chi connectivity index (χ3n) is 1.41. The van der Waals surface area contributed by atoms with Gasteiger partial charge in [-0.05, 0) is 13.0 Å². The van der Waals surface area contributed by atoms with Crippen molar-refractivity contribution in [3.8, 4) is 0 Å².